The van der Waals surface area contributed by atoms with Crippen LogP contribution in [0, 0.1) is 11.8 Å². The molecule has 3 rings (SSSR count). The van der Waals surface area contributed by atoms with Crippen LogP contribution >= 0.6 is 0 Å². The van der Waals surface area contributed by atoms with Crippen molar-refractivity contribution in [1.29, 1.82) is 0 Å². The summed E-state index contributed by atoms with van der Waals surface area (Å²) in [7, 11) is 0. The fourth-order valence-electron chi connectivity index (χ4n) is 3.47. The summed E-state index contributed by atoms with van der Waals surface area (Å²) in [6.45, 7) is 5.44. The molecule has 0 unspecified atom stereocenters. The Balaban J connectivity index is 1.89. The van der Waals surface area contributed by atoms with Gasteiger partial charge in [-0.15, -0.1) is 0 Å². The highest BCUT2D eigenvalue weighted by atomic mass is 16.7. The lowest BCUT2D eigenvalue weighted by Gasteiger charge is -2.45. The molecule has 2 aliphatic heterocycles. The summed E-state index contributed by atoms with van der Waals surface area (Å²) in [5.41, 5.74) is 0.774. The van der Waals surface area contributed by atoms with E-state index in [1.807, 2.05) is 6.92 Å². The lowest BCUT2D eigenvalue weighted by atomic mass is 9.73. The smallest absolute Gasteiger partial charge is 0.336 e. The van der Waals surface area contributed by atoms with Gasteiger partial charge in [-0.1, -0.05) is 19.6 Å². The number of Topliss-reactive ketones (excluding diaryl/α,β-unsaturated/α-hetero) is 1. The first kappa shape index (κ1) is 13.5. The Kier molecular flexibility index (Phi) is 3.06. The highest BCUT2D eigenvalue weighted by Crippen LogP contribution is 2.47. The second-order valence-electron chi connectivity index (χ2n) is 5.95. The third kappa shape index (κ3) is 1.93. The fraction of sp³-hybridized carbons (Fsp3) is 0.600. The molecule has 2 saturated heterocycles. The van der Waals surface area contributed by atoms with E-state index in [4.69, 9.17) is 9.47 Å². The van der Waals surface area contributed by atoms with Crippen LogP contribution in [0.4, 0.5) is 0 Å². The van der Waals surface area contributed by atoms with E-state index in [1.54, 1.807) is 6.08 Å². The first-order valence-corrected chi connectivity index (χ1v) is 6.89. The summed E-state index contributed by atoms with van der Waals surface area (Å²) in [6.07, 6.45) is 2.75. The topological polar surface area (TPSA) is 72.8 Å². The average Bonchev–Trinajstić information content (AvgIpc) is 2.65. The minimum Gasteiger partial charge on any atom is -0.429 e. The second-order valence-corrected chi connectivity index (χ2v) is 5.95. The molecule has 1 spiro atoms. The van der Waals surface area contributed by atoms with Crippen molar-refractivity contribution in [3.8, 4) is 0 Å². The van der Waals surface area contributed by atoms with Crippen LogP contribution in [0.2, 0.25) is 0 Å². The molecule has 1 N–H and O–H groups in total. The van der Waals surface area contributed by atoms with Crippen LogP contribution in [0.5, 0.6) is 0 Å². The quantitative estimate of drug-likeness (QED) is 0.575. The van der Waals surface area contributed by atoms with Crippen LogP contribution in [0.3, 0.4) is 0 Å². The Bertz CT molecular complexity index is 502. The highest BCUT2D eigenvalue weighted by molar-refractivity contribution is 6.00. The number of rotatable bonds is 1. The van der Waals surface area contributed by atoms with Crippen LogP contribution in [-0.2, 0) is 19.1 Å². The van der Waals surface area contributed by atoms with E-state index in [1.165, 1.54) is 0 Å². The number of allylic oxidation sites excluding steroid dienone is 1. The van der Waals surface area contributed by atoms with Gasteiger partial charge in [0.15, 0.2) is 5.78 Å². The van der Waals surface area contributed by atoms with Gasteiger partial charge >= 0.3 is 5.97 Å². The molecule has 0 saturated carbocycles. The molecule has 0 amide bonds. The van der Waals surface area contributed by atoms with Crippen LogP contribution in [0.1, 0.15) is 26.2 Å². The predicted octanol–water partition coefficient (Wildman–Crippen LogP) is 1.12. The van der Waals surface area contributed by atoms with Crippen molar-refractivity contribution in [3.05, 3.63) is 23.8 Å². The minimum atomic E-state index is -1.04. The molecule has 5 nitrogen and oxygen atoms in total. The maximum absolute atomic E-state index is 12.3. The third-order valence-electron chi connectivity index (χ3n) is 4.53. The summed E-state index contributed by atoms with van der Waals surface area (Å²) in [5, 5.41) is 9.21. The van der Waals surface area contributed by atoms with E-state index in [0.717, 1.165) is 0 Å². The number of esters is 1. The Morgan fingerprint density at radius 2 is 2.25 bits per heavy atom. The Morgan fingerprint density at radius 3 is 2.85 bits per heavy atom. The van der Waals surface area contributed by atoms with E-state index in [-0.39, 0.29) is 24.2 Å². The number of hydrogen-bond acceptors (Lipinski definition) is 5. The predicted molar refractivity (Wildman–Crippen MR) is 69.5 cm³/mol. The molecular formula is C15H18O5. The molecule has 5 heteroatoms. The minimum absolute atomic E-state index is 0.0796. The number of fused-ring (bicyclic) bond motifs is 1. The van der Waals surface area contributed by atoms with Crippen molar-refractivity contribution < 1.29 is 24.2 Å². The van der Waals surface area contributed by atoms with Gasteiger partial charge < -0.3 is 14.6 Å². The van der Waals surface area contributed by atoms with Gasteiger partial charge in [-0.05, 0) is 18.3 Å². The summed E-state index contributed by atoms with van der Waals surface area (Å²) >= 11 is 0. The van der Waals surface area contributed by atoms with Gasteiger partial charge in [0, 0.05) is 24.0 Å². The summed E-state index contributed by atoms with van der Waals surface area (Å²) in [5.74, 6) is -1.40. The maximum atomic E-state index is 12.3. The van der Waals surface area contributed by atoms with Crippen LogP contribution < -0.4 is 0 Å². The lowest BCUT2D eigenvalue weighted by molar-refractivity contribution is -0.268. The van der Waals surface area contributed by atoms with Crippen LogP contribution in [0.15, 0.2) is 23.8 Å². The van der Waals surface area contributed by atoms with Crippen molar-refractivity contribution in [1.82, 2.24) is 0 Å². The fourth-order valence-corrected chi connectivity index (χ4v) is 3.47. The molecule has 0 bridgehead atoms. The van der Waals surface area contributed by atoms with Crippen molar-refractivity contribution in [2.45, 2.75) is 38.1 Å². The largest absolute Gasteiger partial charge is 0.429 e. The zero-order valence-corrected chi connectivity index (χ0v) is 11.4. The normalized spacial score (nSPS) is 40.6. The van der Waals surface area contributed by atoms with Gasteiger partial charge in [-0.3, -0.25) is 4.79 Å². The Hall–Kier alpha value is -1.46. The van der Waals surface area contributed by atoms with Gasteiger partial charge in [0.05, 0.1) is 6.61 Å². The standard InChI is InChI=1S/C15H18O5/c1-8-5-15(6-9(2)14(18)20-15)19-13-11(8)4-3-10(7-16)12(13)17/h3,8,11,13,16H,2,4-7H2,1H3/t8-,11+,13+,15+/m0/s1. The monoisotopic (exact) mass is 278 g/mol. The summed E-state index contributed by atoms with van der Waals surface area (Å²) in [4.78, 5) is 23.9. The van der Waals surface area contributed by atoms with Crippen molar-refractivity contribution >= 4 is 11.8 Å². The molecule has 4 atom stereocenters. The number of hydrogen-bond donors (Lipinski definition) is 1. The molecule has 3 aliphatic rings. The molecule has 0 aromatic carbocycles. The number of ether oxygens (including phenoxy) is 2. The van der Waals surface area contributed by atoms with Gasteiger partial charge in [0.2, 0.25) is 5.79 Å². The molecule has 0 aromatic heterocycles. The van der Waals surface area contributed by atoms with Gasteiger partial charge in [0.25, 0.3) is 0 Å². The number of aliphatic hydroxyl groups is 1. The average molecular weight is 278 g/mol. The SMILES string of the molecule is C=C1C[C@@]2(C[C@H](C)[C@H]3CC=C(CO)C(=O)[C@@H]3O2)OC1=O. The second kappa shape index (κ2) is 4.53. The molecule has 2 heterocycles. The lowest BCUT2D eigenvalue weighted by Crippen LogP contribution is -2.53. The maximum Gasteiger partial charge on any atom is 0.336 e. The van der Waals surface area contributed by atoms with Crippen molar-refractivity contribution in [2.75, 3.05) is 6.61 Å². The van der Waals surface area contributed by atoms with E-state index in [9.17, 15) is 14.7 Å². The number of carbonyl (C=O) groups is 2. The molecule has 20 heavy (non-hydrogen) atoms. The molecule has 0 radical (unpaired) electrons. The van der Waals surface area contributed by atoms with Crippen molar-refractivity contribution in [3.63, 3.8) is 0 Å². The van der Waals surface area contributed by atoms with Gasteiger partial charge in [-0.25, -0.2) is 4.79 Å². The third-order valence-corrected chi connectivity index (χ3v) is 4.53. The zero-order chi connectivity index (χ0) is 14.5. The molecule has 108 valence electrons. The van der Waals surface area contributed by atoms with Crippen LogP contribution in [0.25, 0.3) is 0 Å². The Labute approximate surface area is 117 Å². The van der Waals surface area contributed by atoms with E-state index in [2.05, 4.69) is 6.58 Å². The Morgan fingerprint density at radius 1 is 1.50 bits per heavy atom. The van der Waals surface area contributed by atoms with E-state index >= 15 is 0 Å². The molecule has 0 aromatic rings. The molecule has 1 aliphatic carbocycles. The van der Waals surface area contributed by atoms with Crippen molar-refractivity contribution in [2.24, 2.45) is 11.8 Å². The van der Waals surface area contributed by atoms with Gasteiger partial charge in [0.1, 0.15) is 6.10 Å². The molecule has 2 fully saturated rings. The highest BCUT2D eigenvalue weighted by Gasteiger charge is 2.54. The van der Waals surface area contributed by atoms with Gasteiger partial charge in [-0.2, -0.15) is 0 Å². The number of carbonyl (C=O) groups excluding carboxylic acids is 2. The summed E-state index contributed by atoms with van der Waals surface area (Å²) in [6, 6.07) is 0. The first-order chi connectivity index (χ1) is 9.46. The van der Waals surface area contributed by atoms with E-state index in [0.29, 0.717) is 30.4 Å². The van der Waals surface area contributed by atoms with E-state index < -0.39 is 17.9 Å². The van der Waals surface area contributed by atoms with Crippen LogP contribution in [-0.4, -0.2) is 35.4 Å². The molecular weight excluding hydrogens is 260 g/mol. The number of aliphatic hydroxyl groups excluding tert-OH is 1. The first-order valence-electron chi connectivity index (χ1n) is 6.89. The summed E-state index contributed by atoms with van der Waals surface area (Å²) < 4.78 is 11.2. The number of ketones is 1. The zero-order valence-electron chi connectivity index (χ0n) is 11.4.